The molecule has 3 amide bonds. The van der Waals surface area contributed by atoms with Crippen LogP contribution >= 0.6 is 0 Å². The van der Waals surface area contributed by atoms with Gasteiger partial charge in [0.2, 0.25) is 11.8 Å². The number of rotatable bonds is 9. The summed E-state index contributed by atoms with van der Waals surface area (Å²) in [5.74, 6) is -1.62. The molecule has 2 aliphatic heterocycles. The fourth-order valence-corrected chi connectivity index (χ4v) is 5.40. The molecule has 0 bridgehead atoms. The Hall–Kier alpha value is -3.31. The summed E-state index contributed by atoms with van der Waals surface area (Å²) in [6.07, 6.45) is -3.43. The molecule has 1 saturated carbocycles. The maximum Gasteiger partial charge on any atom is 0.573 e. The quantitative estimate of drug-likeness (QED) is 0.488. The minimum absolute atomic E-state index is 0.0812. The first-order chi connectivity index (χ1) is 16.9. The molecule has 0 spiro atoms. The number of amides is 3. The van der Waals surface area contributed by atoms with E-state index in [4.69, 9.17) is 4.74 Å². The van der Waals surface area contributed by atoms with E-state index in [1.54, 1.807) is 0 Å². The van der Waals surface area contributed by atoms with Crippen molar-refractivity contribution in [2.45, 2.75) is 45.1 Å². The smallest absolute Gasteiger partial charge is 0.484 e. The number of fused-ring (bicyclic) bond motifs is 1. The number of likely N-dealkylation sites (tertiary alicyclic amines) is 1. The molecular weight excluding hydrogens is 483 g/mol. The third-order valence-electron chi connectivity index (χ3n) is 7.41. The number of carbonyl (C=O) groups excluding carboxylic acids is 4. The van der Waals surface area contributed by atoms with E-state index in [0.717, 1.165) is 12.1 Å². The first-order valence-corrected chi connectivity index (χ1v) is 11.7. The molecular formula is C24H28F3N3O6. The van der Waals surface area contributed by atoms with Gasteiger partial charge in [-0.15, -0.1) is 13.2 Å². The van der Waals surface area contributed by atoms with E-state index in [1.165, 1.54) is 17.0 Å². The van der Waals surface area contributed by atoms with Gasteiger partial charge in [0.15, 0.2) is 6.61 Å². The van der Waals surface area contributed by atoms with E-state index >= 15 is 0 Å². The Morgan fingerprint density at radius 3 is 2.50 bits per heavy atom. The topological polar surface area (TPSA) is 114 Å². The van der Waals surface area contributed by atoms with Crippen LogP contribution in [0, 0.1) is 23.2 Å². The van der Waals surface area contributed by atoms with Crippen LogP contribution in [-0.2, 0) is 19.2 Å². The zero-order valence-corrected chi connectivity index (χ0v) is 19.8. The van der Waals surface area contributed by atoms with Crippen molar-refractivity contribution in [2.24, 2.45) is 23.2 Å². The normalized spacial score (nSPS) is 27.0. The number of carbonyl (C=O) groups is 4. The van der Waals surface area contributed by atoms with Gasteiger partial charge in [-0.2, -0.15) is 0 Å². The monoisotopic (exact) mass is 511 g/mol. The van der Waals surface area contributed by atoms with Crippen LogP contribution in [0.25, 0.3) is 0 Å². The lowest BCUT2D eigenvalue weighted by Crippen LogP contribution is -2.53. The fourth-order valence-electron chi connectivity index (χ4n) is 5.40. The largest absolute Gasteiger partial charge is 0.573 e. The molecule has 5 atom stereocenters. The first kappa shape index (κ1) is 25.8. The minimum atomic E-state index is -4.81. The van der Waals surface area contributed by atoms with E-state index in [-0.39, 0.29) is 41.2 Å². The molecule has 9 nitrogen and oxygen atoms in total. The number of piperidine rings is 1. The van der Waals surface area contributed by atoms with Crippen molar-refractivity contribution in [1.82, 2.24) is 15.5 Å². The van der Waals surface area contributed by atoms with Gasteiger partial charge in [0, 0.05) is 19.0 Å². The second-order valence-electron chi connectivity index (χ2n) is 10.0. The molecule has 0 aromatic heterocycles. The average Bonchev–Trinajstić information content (AvgIpc) is 3.16. The maximum atomic E-state index is 13.2. The van der Waals surface area contributed by atoms with Crippen LogP contribution in [-0.4, -0.2) is 67.1 Å². The van der Waals surface area contributed by atoms with Crippen LogP contribution in [0.15, 0.2) is 24.3 Å². The highest BCUT2D eigenvalue weighted by atomic mass is 19.4. The van der Waals surface area contributed by atoms with E-state index in [9.17, 15) is 32.3 Å². The zero-order valence-electron chi connectivity index (χ0n) is 19.8. The second kappa shape index (κ2) is 9.62. The standard InChI is InChI=1S/C24H28F3N3O6/c1-23(2)17-10-30(18(32)12-35-15-3-5-16(6-4-15)36-24(25,26)27)20(19(17)23)22(34)29-14(11-31)9-13-7-8-28-21(13)33/h3-6,11,13-14,17,19-20H,7-10,12H2,1-2H3,(H,28,33)(H,29,34). The highest BCUT2D eigenvalue weighted by Crippen LogP contribution is 2.64. The van der Waals surface area contributed by atoms with Gasteiger partial charge < -0.3 is 29.8 Å². The van der Waals surface area contributed by atoms with Crippen molar-refractivity contribution >= 4 is 24.0 Å². The summed E-state index contributed by atoms with van der Waals surface area (Å²) >= 11 is 0. The highest BCUT2D eigenvalue weighted by Gasteiger charge is 2.69. The number of hydrogen-bond donors (Lipinski definition) is 2. The van der Waals surface area contributed by atoms with Crippen LogP contribution < -0.4 is 20.1 Å². The van der Waals surface area contributed by atoms with Crippen LogP contribution in [0.3, 0.4) is 0 Å². The Morgan fingerprint density at radius 2 is 1.92 bits per heavy atom. The van der Waals surface area contributed by atoms with E-state index in [1.807, 2.05) is 13.8 Å². The molecule has 36 heavy (non-hydrogen) atoms. The average molecular weight is 511 g/mol. The number of ether oxygens (including phenoxy) is 2. The first-order valence-electron chi connectivity index (χ1n) is 11.7. The van der Waals surface area contributed by atoms with Crippen LogP contribution in [0.2, 0.25) is 0 Å². The summed E-state index contributed by atoms with van der Waals surface area (Å²) in [6, 6.07) is 3.00. The van der Waals surface area contributed by atoms with Crippen molar-refractivity contribution < 1.29 is 41.8 Å². The van der Waals surface area contributed by atoms with Crippen LogP contribution in [0.4, 0.5) is 13.2 Å². The third-order valence-corrected chi connectivity index (χ3v) is 7.41. The number of nitrogens with zero attached hydrogens (tertiary/aromatic N) is 1. The maximum absolute atomic E-state index is 13.2. The van der Waals surface area contributed by atoms with Gasteiger partial charge >= 0.3 is 6.36 Å². The van der Waals surface area contributed by atoms with Crippen molar-refractivity contribution in [3.63, 3.8) is 0 Å². The Balaban J connectivity index is 1.37. The van der Waals surface area contributed by atoms with Gasteiger partial charge in [-0.1, -0.05) is 13.8 Å². The molecule has 3 aliphatic rings. The molecule has 5 unspecified atom stereocenters. The van der Waals surface area contributed by atoms with Gasteiger partial charge in [-0.05, 0) is 54.4 Å². The Bertz CT molecular complexity index is 1030. The number of alkyl halides is 3. The van der Waals surface area contributed by atoms with Crippen molar-refractivity contribution in [1.29, 1.82) is 0 Å². The van der Waals surface area contributed by atoms with Crippen molar-refractivity contribution in [2.75, 3.05) is 19.7 Å². The number of aldehydes is 1. The molecule has 3 fully saturated rings. The van der Waals surface area contributed by atoms with Crippen LogP contribution in [0.5, 0.6) is 11.5 Å². The lowest BCUT2D eigenvalue weighted by molar-refractivity contribution is -0.274. The molecule has 1 aliphatic carbocycles. The van der Waals surface area contributed by atoms with Gasteiger partial charge in [-0.3, -0.25) is 14.4 Å². The van der Waals surface area contributed by atoms with Crippen molar-refractivity contribution in [3.05, 3.63) is 24.3 Å². The molecule has 1 aromatic rings. The van der Waals surface area contributed by atoms with E-state index in [0.29, 0.717) is 25.8 Å². The lowest BCUT2D eigenvalue weighted by atomic mass is 9.97. The Morgan fingerprint density at radius 1 is 1.25 bits per heavy atom. The van der Waals surface area contributed by atoms with Crippen molar-refractivity contribution in [3.8, 4) is 11.5 Å². The van der Waals surface area contributed by atoms with Gasteiger partial charge in [0.1, 0.15) is 23.8 Å². The van der Waals surface area contributed by atoms with Gasteiger partial charge in [-0.25, -0.2) is 0 Å². The lowest BCUT2D eigenvalue weighted by Gasteiger charge is -2.31. The minimum Gasteiger partial charge on any atom is -0.484 e. The summed E-state index contributed by atoms with van der Waals surface area (Å²) in [7, 11) is 0. The molecule has 12 heteroatoms. The third kappa shape index (κ3) is 5.41. The molecule has 1 aromatic carbocycles. The second-order valence-corrected chi connectivity index (χ2v) is 10.0. The van der Waals surface area contributed by atoms with E-state index in [2.05, 4.69) is 15.4 Å². The number of hydrogen-bond acceptors (Lipinski definition) is 6. The predicted octanol–water partition coefficient (Wildman–Crippen LogP) is 1.66. The molecule has 4 rings (SSSR count). The summed E-state index contributed by atoms with van der Waals surface area (Å²) < 4.78 is 46.2. The summed E-state index contributed by atoms with van der Waals surface area (Å²) in [6.45, 7) is 4.51. The molecule has 2 heterocycles. The number of halogens is 3. The Labute approximate surface area is 205 Å². The summed E-state index contributed by atoms with van der Waals surface area (Å²) in [4.78, 5) is 51.1. The SMILES string of the molecule is CC1(C)C2CN(C(=O)COc3ccc(OC(F)(F)F)cc3)C(C(=O)NC(C=O)CC3CCNC3=O)C21. The summed E-state index contributed by atoms with van der Waals surface area (Å²) in [5.41, 5.74) is -0.143. The fraction of sp³-hybridized carbons (Fsp3) is 0.583. The molecule has 0 radical (unpaired) electrons. The van der Waals surface area contributed by atoms with E-state index < -0.39 is 42.6 Å². The summed E-state index contributed by atoms with van der Waals surface area (Å²) in [5, 5.41) is 5.41. The number of benzene rings is 1. The molecule has 2 saturated heterocycles. The molecule has 2 N–H and O–H groups in total. The number of nitrogens with one attached hydrogen (secondary N) is 2. The highest BCUT2D eigenvalue weighted by molar-refractivity contribution is 5.91. The van der Waals surface area contributed by atoms with Gasteiger partial charge in [0.25, 0.3) is 5.91 Å². The van der Waals surface area contributed by atoms with Crippen LogP contribution in [0.1, 0.15) is 26.7 Å². The van der Waals surface area contributed by atoms with Gasteiger partial charge in [0.05, 0.1) is 6.04 Å². The molecule has 196 valence electrons. The zero-order chi connectivity index (χ0) is 26.3. The Kier molecular flexibility index (Phi) is 6.89. The predicted molar refractivity (Wildman–Crippen MR) is 119 cm³/mol.